The van der Waals surface area contributed by atoms with Crippen LogP contribution >= 0.6 is 11.8 Å². The van der Waals surface area contributed by atoms with Crippen LogP contribution in [0.15, 0.2) is 53.4 Å². The molecule has 0 aromatic heterocycles. The number of aliphatic hydroxyl groups excluding tert-OH is 1. The molecule has 0 fully saturated rings. The normalized spacial score (nSPS) is 13.1. The molecule has 2 aromatic rings. The van der Waals surface area contributed by atoms with Gasteiger partial charge in [0.2, 0.25) is 0 Å². The minimum absolute atomic E-state index is 0.469. The summed E-state index contributed by atoms with van der Waals surface area (Å²) in [4.78, 5) is 11.9. The molecule has 2 rings (SSSR count). The molecule has 22 heavy (non-hydrogen) atoms. The highest BCUT2D eigenvalue weighted by Gasteiger charge is 2.28. The molecule has 6 heteroatoms. The summed E-state index contributed by atoms with van der Waals surface area (Å²) in [5.74, 6) is -1.31. The van der Waals surface area contributed by atoms with Gasteiger partial charge in [-0.05, 0) is 29.8 Å². The van der Waals surface area contributed by atoms with Crippen LogP contribution in [0.1, 0.15) is 16.4 Å². The number of benzene rings is 2. The number of para-hydroxylation sites is 1. The van der Waals surface area contributed by atoms with Gasteiger partial charge in [-0.15, -0.1) is 11.8 Å². The van der Waals surface area contributed by atoms with Gasteiger partial charge in [0, 0.05) is 10.6 Å². The largest absolute Gasteiger partial charge is 0.479 e. The predicted molar refractivity (Wildman–Crippen MR) is 84.3 cm³/mol. The first kappa shape index (κ1) is 15.9. The van der Waals surface area contributed by atoms with E-state index in [9.17, 15) is 9.90 Å². The number of nitrogens with two attached hydrogens (primary N) is 1. The molecule has 0 amide bonds. The number of aliphatic carboxylic acids is 1. The summed E-state index contributed by atoms with van der Waals surface area (Å²) in [5, 5.41) is 27.2. The molecular formula is C16H14N2O3S. The molecule has 112 valence electrons. The number of aliphatic hydroxyl groups is 1. The van der Waals surface area contributed by atoms with E-state index in [4.69, 9.17) is 16.1 Å². The van der Waals surface area contributed by atoms with Gasteiger partial charge in [-0.25, -0.2) is 4.79 Å². The summed E-state index contributed by atoms with van der Waals surface area (Å²) in [6.07, 6.45) is -1.59. The van der Waals surface area contributed by atoms with E-state index in [1.165, 1.54) is 11.8 Å². The van der Waals surface area contributed by atoms with Crippen LogP contribution < -0.4 is 5.73 Å². The maximum atomic E-state index is 11.2. The molecular weight excluding hydrogens is 300 g/mol. The average molecular weight is 314 g/mol. The molecule has 0 radical (unpaired) electrons. The first-order chi connectivity index (χ1) is 10.5. The third-order valence-corrected chi connectivity index (χ3v) is 4.49. The molecule has 2 atom stereocenters. The molecule has 5 nitrogen and oxygen atoms in total. The molecule has 2 unspecified atom stereocenters. The van der Waals surface area contributed by atoms with Crippen LogP contribution in [0.4, 0.5) is 5.69 Å². The van der Waals surface area contributed by atoms with Crippen molar-refractivity contribution in [2.75, 3.05) is 5.73 Å². The predicted octanol–water partition coefficient (Wildman–Crippen LogP) is 2.42. The van der Waals surface area contributed by atoms with E-state index in [1.807, 2.05) is 6.07 Å². The highest BCUT2D eigenvalue weighted by molar-refractivity contribution is 7.99. The zero-order valence-corrected chi connectivity index (χ0v) is 12.3. The number of hydrogen-bond acceptors (Lipinski definition) is 5. The lowest BCUT2D eigenvalue weighted by molar-refractivity contribution is -0.146. The third-order valence-electron chi connectivity index (χ3n) is 3.08. The zero-order chi connectivity index (χ0) is 16.1. The van der Waals surface area contributed by atoms with Gasteiger partial charge >= 0.3 is 5.97 Å². The van der Waals surface area contributed by atoms with Crippen LogP contribution in [-0.2, 0) is 4.79 Å². The van der Waals surface area contributed by atoms with Gasteiger partial charge in [0.1, 0.15) is 0 Å². The summed E-state index contributed by atoms with van der Waals surface area (Å²) in [6.45, 7) is 0. The van der Waals surface area contributed by atoms with Gasteiger partial charge in [-0.2, -0.15) is 5.26 Å². The number of nitrogens with zero attached hydrogens (tertiary/aromatic N) is 1. The molecule has 0 saturated heterocycles. The summed E-state index contributed by atoms with van der Waals surface area (Å²) >= 11 is 1.18. The summed E-state index contributed by atoms with van der Waals surface area (Å²) < 4.78 is 0. The SMILES string of the molecule is N#Cc1ccc(C(Sc2ccccc2N)C(O)C(=O)O)cc1. The van der Waals surface area contributed by atoms with E-state index < -0.39 is 17.3 Å². The molecule has 0 bridgehead atoms. The fraction of sp³-hybridized carbons (Fsp3) is 0.125. The van der Waals surface area contributed by atoms with E-state index >= 15 is 0 Å². The van der Waals surface area contributed by atoms with Gasteiger partial charge in [0.05, 0.1) is 16.9 Å². The van der Waals surface area contributed by atoms with Crippen LogP contribution in [0.3, 0.4) is 0 Å². The first-order valence-electron chi connectivity index (χ1n) is 6.45. The molecule has 2 aromatic carbocycles. The Balaban J connectivity index is 2.36. The molecule has 4 N–H and O–H groups in total. The average Bonchev–Trinajstić information content (AvgIpc) is 2.53. The van der Waals surface area contributed by atoms with Gasteiger partial charge < -0.3 is 15.9 Å². The Labute approximate surface area is 132 Å². The monoisotopic (exact) mass is 314 g/mol. The van der Waals surface area contributed by atoms with Crippen LogP contribution in [0.2, 0.25) is 0 Å². The fourth-order valence-electron chi connectivity index (χ4n) is 1.92. The van der Waals surface area contributed by atoms with E-state index in [0.717, 1.165) is 0 Å². The smallest absolute Gasteiger partial charge is 0.334 e. The number of thioether (sulfide) groups is 1. The van der Waals surface area contributed by atoms with Crippen LogP contribution in [0.5, 0.6) is 0 Å². The lowest BCUT2D eigenvalue weighted by atomic mass is 10.1. The lowest BCUT2D eigenvalue weighted by Crippen LogP contribution is -2.26. The molecule has 0 aliphatic heterocycles. The minimum atomic E-state index is -1.59. The maximum absolute atomic E-state index is 11.2. The van der Waals surface area contributed by atoms with Crippen LogP contribution in [-0.4, -0.2) is 22.3 Å². The second-order valence-electron chi connectivity index (χ2n) is 4.59. The van der Waals surface area contributed by atoms with Gasteiger partial charge in [0.25, 0.3) is 0 Å². The first-order valence-corrected chi connectivity index (χ1v) is 7.33. The molecule has 0 saturated carbocycles. The zero-order valence-electron chi connectivity index (χ0n) is 11.5. The topological polar surface area (TPSA) is 107 Å². The summed E-state index contributed by atoms with van der Waals surface area (Å²) in [5.41, 5.74) is 7.48. The van der Waals surface area contributed by atoms with Gasteiger partial charge in [-0.3, -0.25) is 0 Å². The number of nitriles is 1. The lowest BCUT2D eigenvalue weighted by Gasteiger charge is -2.20. The number of hydrogen-bond donors (Lipinski definition) is 3. The minimum Gasteiger partial charge on any atom is -0.479 e. The second kappa shape index (κ2) is 6.98. The highest BCUT2D eigenvalue weighted by atomic mass is 32.2. The summed E-state index contributed by atoms with van der Waals surface area (Å²) in [6, 6.07) is 15.5. The standard InChI is InChI=1S/C16H14N2O3S/c17-9-10-5-7-11(8-6-10)15(14(19)16(20)21)22-13-4-2-1-3-12(13)18/h1-8,14-15,19H,18H2,(H,20,21). The van der Waals surface area contributed by atoms with Crippen LogP contribution in [0.25, 0.3) is 0 Å². The Morgan fingerprint density at radius 3 is 2.36 bits per heavy atom. The molecule has 0 aliphatic rings. The number of nitrogen functional groups attached to an aromatic ring is 1. The quantitative estimate of drug-likeness (QED) is 0.578. The van der Waals surface area contributed by atoms with Crippen molar-refractivity contribution in [2.45, 2.75) is 16.2 Å². The fourth-order valence-corrected chi connectivity index (χ4v) is 3.09. The Bertz CT molecular complexity index is 710. The van der Waals surface area contributed by atoms with Crippen molar-refractivity contribution >= 4 is 23.4 Å². The van der Waals surface area contributed by atoms with Crippen molar-refractivity contribution in [1.29, 1.82) is 5.26 Å². The van der Waals surface area contributed by atoms with Crippen molar-refractivity contribution in [3.63, 3.8) is 0 Å². The van der Waals surface area contributed by atoms with Crippen molar-refractivity contribution < 1.29 is 15.0 Å². The molecule has 0 aliphatic carbocycles. The van der Waals surface area contributed by atoms with Crippen LogP contribution in [0, 0.1) is 11.3 Å². The Kier molecular flexibility index (Phi) is 5.04. The van der Waals surface area contributed by atoms with E-state index in [2.05, 4.69) is 0 Å². The number of rotatable bonds is 5. The van der Waals surface area contributed by atoms with E-state index in [0.29, 0.717) is 21.7 Å². The van der Waals surface area contributed by atoms with Crippen molar-refractivity contribution in [3.05, 3.63) is 59.7 Å². The van der Waals surface area contributed by atoms with E-state index in [-0.39, 0.29) is 0 Å². The molecule has 0 spiro atoms. The number of anilines is 1. The maximum Gasteiger partial charge on any atom is 0.334 e. The Morgan fingerprint density at radius 1 is 1.18 bits per heavy atom. The second-order valence-corrected chi connectivity index (χ2v) is 5.78. The molecule has 0 heterocycles. The number of carbonyl (C=O) groups is 1. The third kappa shape index (κ3) is 3.58. The van der Waals surface area contributed by atoms with Crippen molar-refractivity contribution in [1.82, 2.24) is 0 Å². The van der Waals surface area contributed by atoms with Gasteiger partial charge in [0.15, 0.2) is 6.10 Å². The number of carboxylic acids is 1. The van der Waals surface area contributed by atoms with Crippen molar-refractivity contribution in [2.24, 2.45) is 0 Å². The van der Waals surface area contributed by atoms with E-state index in [1.54, 1.807) is 48.5 Å². The summed E-state index contributed by atoms with van der Waals surface area (Å²) in [7, 11) is 0. The van der Waals surface area contributed by atoms with Gasteiger partial charge in [-0.1, -0.05) is 24.3 Å². The highest BCUT2D eigenvalue weighted by Crippen LogP contribution is 2.40. The van der Waals surface area contributed by atoms with Crippen molar-refractivity contribution in [3.8, 4) is 6.07 Å². The Morgan fingerprint density at radius 2 is 1.82 bits per heavy atom. The Hall–Kier alpha value is -2.49. The number of carboxylic acid groups (broad SMARTS) is 1.